The largest absolute Gasteiger partial charge is 0.329 e. The molecule has 2 aromatic rings. The summed E-state index contributed by atoms with van der Waals surface area (Å²) in [5, 5.41) is 6.25. The molecule has 0 saturated carbocycles. The Morgan fingerprint density at radius 3 is 3.12 bits per heavy atom. The van der Waals surface area contributed by atoms with Gasteiger partial charge >= 0.3 is 0 Å². The minimum absolute atomic E-state index is 0.818. The van der Waals surface area contributed by atoms with Gasteiger partial charge in [-0.1, -0.05) is 6.92 Å². The van der Waals surface area contributed by atoms with Crippen LogP contribution in [0.5, 0.6) is 0 Å². The molecule has 0 aliphatic carbocycles. The second-order valence-electron chi connectivity index (χ2n) is 3.65. The number of hydrogen-bond acceptors (Lipinski definition) is 4. The van der Waals surface area contributed by atoms with Gasteiger partial charge in [-0.05, 0) is 13.5 Å². The Bertz CT molecular complexity index is 446. The molecule has 86 valence electrons. The number of imidazole rings is 1. The van der Waals surface area contributed by atoms with Crippen molar-refractivity contribution in [3.63, 3.8) is 0 Å². The van der Waals surface area contributed by atoms with Gasteiger partial charge in [-0.15, -0.1) is 11.3 Å². The average molecular weight is 236 g/mol. The first kappa shape index (κ1) is 11.3. The zero-order valence-corrected chi connectivity index (χ0v) is 10.4. The summed E-state index contributed by atoms with van der Waals surface area (Å²) in [4.78, 5) is 8.77. The van der Waals surface area contributed by atoms with Crippen LogP contribution >= 0.6 is 11.3 Å². The monoisotopic (exact) mass is 236 g/mol. The predicted molar refractivity (Wildman–Crippen MR) is 66.4 cm³/mol. The summed E-state index contributed by atoms with van der Waals surface area (Å²) >= 11 is 1.68. The first-order valence-electron chi connectivity index (χ1n) is 5.44. The maximum atomic E-state index is 4.58. The van der Waals surface area contributed by atoms with Crippen molar-refractivity contribution in [1.29, 1.82) is 0 Å². The van der Waals surface area contributed by atoms with Crippen LogP contribution in [0.15, 0.2) is 17.9 Å². The molecule has 0 amide bonds. The van der Waals surface area contributed by atoms with Gasteiger partial charge in [-0.25, -0.2) is 9.97 Å². The van der Waals surface area contributed by atoms with E-state index in [9.17, 15) is 0 Å². The molecule has 0 unspecified atom stereocenters. The second-order valence-corrected chi connectivity index (χ2v) is 4.50. The van der Waals surface area contributed by atoms with Gasteiger partial charge in [-0.2, -0.15) is 0 Å². The molecule has 5 heteroatoms. The van der Waals surface area contributed by atoms with Crippen molar-refractivity contribution in [2.24, 2.45) is 0 Å². The number of aryl methyl sites for hydroxylation is 1. The molecule has 0 spiro atoms. The van der Waals surface area contributed by atoms with Crippen LogP contribution in [0.3, 0.4) is 0 Å². The molecular formula is C11H16N4S. The predicted octanol–water partition coefficient (Wildman–Crippen LogP) is 2.14. The summed E-state index contributed by atoms with van der Waals surface area (Å²) in [5.74, 6) is 0. The molecule has 0 saturated heterocycles. The van der Waals surface area contributed by atoms with E-state index in [4.69, 9.17) is 0 Å². The fourth-order valence-corrected chi connectivity index (χ4v) is 2.45. The van der Waals surface area contributed by atoms with Crippen molar-refractivity contribution in [1.82, 2.24) is 19.9 Å². The van der Waals surface area contributed by atoms with E-state index in [1.54, 1.807) is 11.3 Å². The molecule has 0 aliphatic rings. The molecule has 0 bridgehead atoms. The molecule has 1 N–H and O–H groups in total. The van der Waals surface area contributed by atoms with E-state index in [-0.39, 0.29) is 0 Å². The molecule has 0 atom stereocenters. The van der Waals surface area contributed by atoms with Crippen LogP contribution in [0, 0.1) is 0 Å². The molecule has 2 heterocycles. The van der Waals surface area contributed by atoms with Crippen molar-refractivity contribution >= 4 is 11.3 Å². The van der Waals surface area contributed by atoms with Gasteiger partial charge in [0.05, 0.1) is 23.9 Å². The molecule has 0 fully saturated rings. The standard InChI is InChI=1S/C11H16N4S/c1-3-4-15-8-13-6-10(15)11-14-9(5-12-2)7-16-11/h6-8,12H,3-5H2,1-2H3. The summed E-state index contributed by atoms with van der Waals surface area (Å²) in [5.41, 5.74) is 2.21. The summed E-state index contributed by atoms with van der Waals surface area (Å²) < 4.78 is 2.15. The Morgan fingerprint density at radius 1 is 1.50 bits per heavy atom. The third kappa shape index (κ3) is 2.31. The first-order valence-corrected chi connectivity index (χ1v) is 6.32. The van der Waals surface area contributed by atoms with Gasteiger partial charge in [-0.3, -0.25) is 0 Å². The van der Waals surface area contributed by atoms with Gasteiger partial charge in [0.15, 0.2) is 0 Å². The Labute approximate surface area is 99.4 Å². The summed E-state index contributed by atoms with van der Waals surface area (Å²) in [6, 6.07) is 0. The number of hydrogen-bond donors (Lipinski definition) is 1. The third-order valence-electron chi connectivity index (χ3n) is 2.31. The number of aromatic nitrogens is 3. The SMILES string of the molecule is CCCn1cncc1-c1nc(CNC)cs1. The highest BCUT2D eigenvalue weighted by atomic mass is 32.1. The fraction of sp³-hybridized carbons (Fsp3) is 0.455. The molecule has 2 aromatic heterocycles. The zero-order valence-electron chi connectivity index (χ0n) is 9.60. The van der Waals surface area contributed by atoms with Crippen molar-refractivity contribution in [3.8, 4) is 10.7 Å². The molecule has 16 heavy (non-hydrogen) atoms. The number of nitrogens with zero attached hydrogens (tertiary/aromatic N) is 3. The van der Waals surface area contributed by atoms with Crippen molar-refractivity contribution in [3.05, 3.63) is 23.6 Å². The Hall–Kier alpha value is -1.20. The van der Waals surface area contributed by atoms with Crippen LogP contribution in [0.4, 0.5) is 0 Å². The van der Waals surface area contributed by atoms with E-state index in [1.165, 1.54) is 0 Å². The van der Waals surface area contributed by atoms with Crippen molar-refractivity contribution in [2.45, 2.75) is 26.4 Å². The van der Waals surface area contributed by atoms with Gasteiger partial charge in [0.2, 0.25) is 0 Å². The maximum Gasteiger partial charge on any atom is 0.141 e. The second kappa shape index (κ2) is 5.23. The molecule has 0 aliphatic heterocycles. The minimum atomic E-state index is 0.818. The topological polar surface area (TPSA) is 42.7 Å². The van der Waals surface area contributed by atoms with Crippen LogP contribution in [-0.4, -0.2) is 21.6 Å². The lowest BCUT2D eigenvalue weighted by Crippen LogP contribution is -2.05. The van der Waals surface area contributed by atoms with Gasteiger partial charge in [0.25, 0.3) is 0 Å². The van der Waals surface area contributed by atoms with E-state index in [0.29, 0.717) is 0 Å². The molecule has 2 rings (SSSR count). The van der Waals surface area contributed by atoms with Crippen LogP contribution < -0.4 is 5.32 Å². The number of rotatable bonds is 5. The smallest absolute Gasteiger partial charge is 0.141 e. The Balaban J connectivity index is 2.24. The van der Waals surface area contributed by atoms with Crippen LogP contribution in [0.25, 0.3) is 10.7 Å². The van der Waals surface area contributed by atoms with Crippen molar-refractivity contribution in [2.75, 3.05) is 7.05 Å². The fourth-order valence-electron chi connectivity index (χ4n) is 1.60. The third-order valence-corrected chi connectivity index (χ3v) is 3.22. The highest BCUT2D eigenvalue weighted by Crippen LogP contribution is 2.23. The normalized spacial score (nSPS) is 10.9. The van der Waals surface area contributed by atoms with E-state index in [2.05, 4.69) is 32.2 Å². The van der Waals surface area contributed by atoms with Gasteiger partial charge in [0, 0.05) is 18.5 Å². The Morgan fingerprint density at radius 2 is 2.38 bits per heavy atom. The van der Waals surface area contributed by atoms with E-state index >= 15 is 0 Å². The average Bonchev–Trinajstić information content (AvgIpc) is 2.87. The lowest BCUT2D eigenvalue weighted by Gasteiger charge is -2.02. The minimum Gasteiger partial charge on any atom is -0.329 e. The first-order chi connectivity index (χ1) is 7.85. The molecule has 4 nitrogen and oxygen atoms in total. The van der Waals surface area contributed by atoms with Crippen LogP contribution in [0.2, 0.25) is 0 Å². The van der Waals surface area contributed by atoms with E-state index in [0.717, 1.165) is 35.9 Å². The lowest BCUT2D eigenvalue weighted by atomic mass is 10.4. The maximum absolute atomic E-state index is 4.58. The number of thiazole rings is 1. The highest BCUT2D eigenvalue weighted by Gasteiger charge is 2.08. The van der Waals surface area contributed by atoms with E-state index < -0.39 is 0 Å². The van der Waals surface area contributed by atoms with Crippen LogP contribution in [0.1, 0.15) is 19.0 Å². The molecule has 0 radical (unpaired) electrons. The molecular weight excluding hydrogens is 220 g/mol. The molecule has 0 aromatic carbocycles. The zero-order chi connectivity index (χ0) is 11.4. The summed E-state index contributed by atoms with van der Waals surface area (Å²) in [7, 11) is 1.93. The van der Waals surface area contributed by atoms with E-state index in [1.807, 2.05) is 19.6 Å². The van der Waals surface area contributed by atoms with Gasteiger partial charge < -0.3 is 9.88 Å². The number of nitrogens with one attached hydrogen (secondary N) is 1. The van der Waals surface area contributed by atoms with Crippen molar-refractivity contribution < 1.29 is 0 Å². The quantitative estimate of drug-likeness (QED) is 0.865. The lowest BCUT2D eigenvalue weighted by molar-refractivity contribution is 0.683. The highest BCUT2D eigenvalue weighted by molar-refractivity contribution is 7.13. The Kier molecular flexibility index (Phi) is 3.69. The summed E-state index contributed by atoms with van der Waals surface area (Å²) in [6.07, 6.45) is 4.87. The van der Waals surface area contributed by atoms with Crippen LogP contribution in [-0.2, 0) is 13.1 Å². The van der Waals surface area contributed by atoms with Gasteiger partial charge in [0.1, 0.15) is 5.01 Å². The summed E-state index contributed by atoms with van der Waals surface area (Å²) in [6.45, 7) is 3.98.